The molecule has 1 heterocycles. The van der Waals surface area contributed by atoms with E-state index in [0.717, 1.165) is 44.4 Å². The maximum Gasteiger partial charge on any atom is 0.237 e. The van der Waals surface area contributed by atoms with Crippen LogP contribution in [0.3, 0.4) is 0 Å². The normalized spacial score (nSPS) is 22.4. The van der Waals surface area contributed by atoms with Gasteiger partial charge in [0.05, 0.1) is 19.3 Å². The number of aliphatic hydroxyl groups is 1. The van der Waals surface area contributed by atoms with Crippen molar-refractivity contribution in [3.63, 3.8) is 0 Å². The predicted molar refractivity (Wildman–Crippen MR) is 106 cm³/mol. The number of hydrogen-bond donors (Lipinski definition) is 2. The molecule has 138 valence electrons. The standard InChI is InChI=1S/C19H27IN2O3/c1-25-15-5-6-16-14(11-15)7-10-22(18(16)20)17(23)12-21-13-19(24)8-3-2-4-9-19/h5-6,11,18,21,24H,2-4,7-10,12-13H2,1H3/t18-/m0/s1. The largest absolute Gasteiger partial charge is 0.497 e. The molecule has 1 aliphatic heterocycles. The fourth-order valence-electron chi connectivity index (χ4n) is 3.82. The van der Waals surface area contributed by atoms with Crippen molar-refractivity contribution in [2.75, 3.05) is 26.7 Å². The third kappa shape index (κ3) is 4.46. The van der Waals surface area contributed by atoms with Crippen molar-refractivity contribution in [2.45, 2.75) is 48.2 Å². The zero-order valence-corrected chi connectivity index (χ0v) is 16.9. The van der Waals surface area contributed by atoms with Crippen molar-refractivity contribution in [1.29, 1.82) is 0 Å². The fourth-order valence-corrected chi connectivity index (χ4v) is 5.02. The molecule has 1 aromatic carbocycles. The van der Waals surface area contributed by atoms with Crippen LogP contribution in [0, 0.1) is 0 Å². The first-order valence-corrected chi connectivity index (χ1v) is 10.3. The number of amides is 1. The van der Waals surface area contributed by atoms with Crippen molar-refractivity contribution in [1.82, 2.24) is 10.2 Å². The molecule has 1 fully saturated rings. The van der Waals surface area contributed by atoms with Crippen LogP contribution in [-0.2, 0) is 11.2 Å². The molecule has 25 heavy (non-hydrogen) atoms. The molecule has 5 nitrogen and oxygen atoms in total. The van der Waals surface area contributed by atoms with Crippen LogP contribution in [0.4, 0.5) is 0 Å². The average Bonchev–Trinajstić information content (AvgIpc) is 2.62. The van der Waals surface area contributed by atoms with Crippen LogP contribution in [0.15, 0.2) is 18.2 Å². The summed E-state index contributed by atoms with van der Waals surface area (Å²) >= 11 is 2.33. The number of methoxy groups -OCH3 is 1. The van der Waals surface area contributed by atoms with Crippen molar-refractivity contribution >= 4 is 28.5 Å². The Bertz CT molecular complexity index is 617. The third-order valence-corrected chi connectivity index (χ3v) is 6.68. The van der Waals surface area contributed by atoms with Crippen molar-refractivity contribution in [3.05, 3.63) is 29.3 Å². The predicted octanol–water partition coefficient (Wildman–Crippen LogP) is 2.80. The Hall–Kier alpha value is -0.860. The fraction of sp³-hybridized carbons (Fsp3) is 0.632. The minimum absolute atomic E-state index is 0.0410. The van der Waals surface area contributed by atoms with Gasteiger partial charge in [0.2, 0.25) is 5.91 Å². The van der Waals surface area contributed by atoms with Crippen LogP contribution in [0.25, 0.3) is 0 Å². The SMILES string of the molecule is COc1ccc2c(c1)CCN(C(=O)CNCC1(O)CCCCC1)[C@@H]2I. The van der Waals surface area contributed by atoms with E-state index in [9.17, 15) is 9.90 Å². The molecular formula is C19H27IN2O3. The Labute approximate surface area is 163 Å². The summed E-state index contributed by atoms with van der Waals surface area (Å²) < 4.78 is 5.33. The zero-order chi connectivity index (χ0) is 17.9. The molecule has 1 aliphatic carbocycles. The molecule has 2 N–H and O–H groups in total. The Morgan fingerprint density at radius 3 is 2.88 bits per heavy atom. The van der Waals surface area contributed by atoms with Gasteiger partial charge in [-0.25, -0.2) is 0 Å². The highest BCUT2D eigenvalue weighted by Gasteiger charge is 2.31. The van der Waals surface area contributed by atoms with Gasteiger partial charge in [0, 0.05) is 13.1 Å². The van der Waals surface area contributed by atoms with E-state index in [2.05, 4.69) is 40.0 Å². The van der Waals surface area contributed by atoms with Crippen LogP contribution in [0.5, 0.6) is 5.75 Å². The molecule has 6 heteroatoms. The maximum atomic E-state index is 12.6. The molecular weight excluding hydrogens is 431 g/mol. The molecule has 2 aliphatic rings. The zero-order valence-electron chi connectivity index (χ0n) is 14.8. The van der Waals surface area contributed by atoms with Crippen molar-refractivity contribution in [3.8, 4) is 5.75 Å². The first-order valence-electron chi connectivity index (χ1n) is 9.06. The summed E-state index contributed by atoms with van der Waals surface area (Å²) in [5, 5.41) is 13.7. The monoisotopic (exact) mass is 458 g/mol. The molecule has 0 bridgehead atoms. The van der Waals surface area contributed by atoms with Gasteiger partial charge in [-0.05, 0) is 42.5 Å². The Morgan fingerprint density at radius 1 is 1.40 bits per heavy atom. The van der Waals surface area contributed by atoms with Gasteiger partial charge in [0.15, 0.2) is 0 Å². The van der Waals surface area contributed by atoms with Gasteiger partial charge in [0.25, 0.3) is 0 Å². The molecule has 0 spiro atoms. The summed E-state index contributed by atoms with van der Waals surface area (Å²) in [6.07, 6.45) is 5.88. The minimum Gasteiger partial charge on any atom is -0.497 e. The third-order valence-electron chi connectivity index (χ3n) is 5.34. The van der Waals surface area contributed by atoms with E-state index in [1.165, 1.54) is 17.5 Å². The summed E-state index contributed by atoms with van der Waals surface area (Å²) in [5.74, 6) is 0.963. The molecule has 0 aromatic heterocycles. The lowest BCUT2D eigenvalue weighted by Gasteiger charge is -2.35. The van der Waals surface area contributed by atoms with E-state index in [-0.39, 0.29) is 16.5 Å². The van der Waals surface area contributed by atoms with Gasteiger partial charge in [-0.2, -0.15) is 0 Å². The number of rotatable bonds is 5. The van der Waals surface area contributed by atoms with Gasteiger partial charge >= 0.3 is 0 Å². The van der Waals surface area contributed by atoms with Gasteiger partial charge in [0.1, 0.15) is 9.80 Å². The quantitative estimate of drug-likeness (QED) is 0.405. The lowest BCUT2D eigenvalue weighted by atomic mass is 9.85. The van der Waals surface area contributed by atoms with Crippen LogP contribution >= 0.6 is 22.6 Å². The van der Waals surface area contributed by atoms with Crippen molar-refractivity contribution < 1.29 is 14.6 Å². The molecule has 1 amide bonds. The number of nitrogens with one attached hydrogen (secondary N) is 1. The summed E-state index contributed by atoms with van der Waals surface area (Å²) in [6.45, 7) is 1.51. The molecule has 1 saturated carbocycles. The molecule has 0 saturated heterocycles. The topological polar surface area (TPSA) is 61.8 Å². The number of benzene rings is 1. The second-order valence-electron chi connectivity index (χ2n) is 7.13. The number of nitrogens with zero attached hydrogens (tertiary/aromatic N) is 1. The van der Waals surface area contributed by atoms with Gasteiger partial charge in [-0.3, -0.25) is 4.79 Å². The van der Waals surface area contributed by atoms with Crippen LogP contribution in [0.2, 0.25) is 0 Å². The summed E-state index contributed by atoms with van der Waals surface area (Å²) in [7, 11) is 1.67. The van der Waals surface area contributed by atoms with E-state index in [4.69, 9.17) is 4.74 Å². The van der Waals surface area contributed by atoms with Crippen LogP contribution < -0.4 is 10.1 Å². The Morgan fingerprint density at radius 2 is 2.16 bits per heavy atom. The molecule has 0 radical (unpaired) electrons. The Balaban J connectivity index is 1.55. The van der Waals surface area contributed by atoms with E-state index in [0.29, 0.717) is 6.54 Å². The number of halogens is 1. The first kappa shape index (κ1) is 18.9. The number of carbonyl (C=O) groups is 1. The van der Waals surface area contributed by atoms with Gasteiger partial charge in [-0.15, -0.1) is 0 Å². The summed E-state index contributed by atoms with van der Waals surface area (Å²) in [5.41, 5.74) is 1.81. The lowest BCUT2D eigenvalue weighted by molar-refractivity contribution is -0.131. The number of fused-ring (bicyclic) bond motifs is 1. The maximum absolute atomic E-state index is 12.6. The van der Waals surface area contributed by atoms with Crippen LogP contribution in [0.1, 0.15) is 47.3 Å². The van der Waals surface area contributed by atoms with E-state index >= 15 is 0 Å². The molecule has 1 atom stereocenters. The van der Waals surface area contributed by atoms with Gasteiger partial charge in [-0.1, -0.05) is 47.9 Å². The average molecular weight is 458 g/mol. The molecule has 1 aromatic rings. The van der Waals surface area contributed by atoms with E-state index in [1.54, 1.807) is 7.11 Å². The molecule has 0 unspecified atom stereocenters. The number of alkyl halides is 1. The smallest absolute Gasteiger partial charge is 0.237 e. The highest BCUT2D eigenvalue weighted by Crippen LogP contribution is 2.36. The van der Waals surface area contributed by atoms with E-state index < -0.39 is 5.60 Å². The van der Waals surface area contributed by atoms with E-state index in [1.807, 2.05) is 11.0 Å². The summed E-state index contributed by atoms with van der Waals surface area (Å²) in [4.78, 5) is 14.6. The number of carbonyl (C=O) groups excluding carboxylic acids is 1. The van der Waals surface area contributed by atoms with Crippen LogP contribution in [-0.4, -0.2) is 48.3 Å². The molecule has 3 rings (SSSR count). The highest BCUT2D eigenvalue weighted by atomic mass is 127. The Kier molecular flexibility index (Phi) is 6.22. The first-order chi connectivity index (χ1) is 12.0. The second kappa shape index (κ2) is 8.22. The number of hydrogen-bond acceptors (Lipinski definition) is 4. The summed E-state index contributed by atoms with van der Waals surface area (Å²) in [6, 6.07) is 6.08. The van der Waals surface area contributed by atoms with Crippen molar-refractivity contribution in [2.24, 2.45) is 0 Å². The second-order valence-corrected chi connectivity index (χ2v) is 8.31. The van der Waals surface area contributed by atoms with Gasteiger partial charge < -0.3 is 20.1 Å². The lowest BCUT2D eigenvalue weighted by Crippen LogP contribution is -2.47. The minimum atomic E-state index is -0.632. The highest BCUT2D eigenvalue weighted by molar-refractivity contribution is 14.1. The number of ether oxygens (including phenoxy) is 1.